The summed E-state index contributed by atoms with van der Waals surface area (Å²) in [5, 5.41) is 1.57. The Hall–Kier alpha value is -2.75. The zero-order valence-electron chi connectivity index (χ0n) is 20.0. The largest absolute Gasteiger partial charge is 0.493 e. The molecule has 190 valence electrons. The molecule has 3 fully saturated rings. The number of methoxy groups -OCH3 is 2. The molecule has 1 N–H and O–H groups in total. The fourth-order valence-electron chi connectivity index (χ4n) is 7.28. The Balaban J connectivity index is 1.32. The van der Waals surface area contributed by atoms with Crippen molar-refractivity contribution in [1.82, 2.24) is 4.98 Å². The number of halogens is 1. The van der Waals surface area contributed by atoms with Gasteiger partial charge in [0, 0.05) is 21.1 Å². The standard InChI is InChI=1S/C27H23ClN2O5S2/c1-34-16-8-3-11(9-17(16)35-2)18-19-14-10-15(22(19)36-24-23(18)37-27(33)29-24)21-20(14)25(31)30(26(21)32)13-6-4-12(28)5-7-13/h3-9,14-15,18-22H,10H2,1-2H3,(H,29,33)/t14-,15+,18+,19-,20+,21+,22-/m1/s1. The number of hydrogen-bond acceptors (Lipinski definition) is 7. The first kappa shape index (κ1) is 23.4. The van der Waals surface area contributed by atoms with E-state index in [2.05, 4.69) is 4.98 Å². The molecule has 0 unspecified atom stereocenters. The van der Waals surface area contributed by atoms with E-state index < -0.39 is 0 Å². The summed E-state index contributed by atoms with van der Waals surface area (Å²) in [6.45, 7) is 0. The maximum atomic E-state index is 13.8. The van der Waals surface area contributed by atoms with Crippen LogP contribution in [0, 0.1) is 29.6 Å². The summed E-state index contributed by atoms with van der Waals surface area (Å²) in [5.74, 6) is 0.504. The quantitative estimate of drug-likeness (QED) is 0.467. The topological polar surface area (TPSA) is 88.7 Å². The molecule has 7 nitrogen and oxygen atoms in total. The van der Waals surface area contributed by atoms with E-state index in [9.17, 15) is 14.4 Å². The highest BCUT2D eigenvalue weighted by molar-refractivity contribution is 8.00. The van der Waals surface area contributed by atoms with Crippen molar-refractivity contribution < 1.29 is 19.1 Å². The Labute approximate surface area is 226 Å². The van der Waals surface area contributed by atoms with Crippen LogP contribution in [0.1, 0.15) is 22.8 Å². The predicted octanol–water partition coefficient (Wildman–Crippen LogP) is 4.78. The number of amides is 2. The molecule has 37 heavy (non-hydrogen) atoms. The summed E-state index contributed by atoms with van der Waals surface area (Å²) in [5.41, 5.74) is 1.60. The maximum absolute atomic E-state index is 13.8. The van der Waals surface area contributed by atoms with Gasteiger partial charge in [0.25, 0.3) is 0 Å². The van der Waals surface area contributed by atoms with Crippen LogP contribution in [0.2, 0.25) is 5.02 Å². The van der Waals surface area contributed by atoms with Crippen molar-refractivity contribution in [3.8, 4) is 11.5 Å². The number of carbonyl (C=O) groups excluding carboxylic acids is 2. The number of thioether (sulfide) groups is 1. The molecule has 10 heteroatoms. The first-order chi connectivity index (χ1) is 17.9. The average Bonchev–Trinajstić information content (AvgIpc) is 3.63. The first-order valence-electron chi connectivity index (χ1n) is 12.2. The highest BCUT2D eigenvalue weighted by Crippen LogP contribution is 2.68. The first-order valence-corrected chi connectivity index (χ1v) is 14.2. The van der Waals surface area contributed by atoms with Crippen molar-refractivity contribution in [3.05, 3.63) is 67.6 Å². The lowest BCUT2D eigenvalue weighted by atomic mass is 9.68. The number of carbonyl (C=O) groups is 2. The highest BCUT2D eigenvalue weighted by atomic mass is 35.5. The van der Waals surface area contributed by atoms with Crippen LogP contribution in [-0.2, 0) is 9.59 Å². The van der Waals surface area contributed by atoms with Gasteiger partial charge in [-0.25, -0.2) is 0 Å². The minimum atomic E-state index is -0.352. The van der Waals surface area contributed by atoms with E-state index in [1.165, 1.54) is 16.2 Å². The van der Waals surface area contributed by atoms with Crippen molar-refractivity contribution in [2.45, 2.75) is 22.6 Å². The van der Waals surface area contributed by atoms with E-state index in [1.807, 2.05) is 18.2 Å². The number of H-pyrrole nitrogens is 1. The molecule has 2 aliphatic heterocycles. The Morgan fingerprint density at radius 2 is 1.65 bits per heavy atom. The summed E-state index contributed by atoms with van der Waals surface area (Å²) in [6.07, 6.45) is 0.840. The third-order valence-electron chi connectivity index (χ3n) is 8.58. The van der Waals surface area contributed by atoms with E-state index in [1.54, 1.807) is 50.2 Å². The van der Waals surface area contributed by atoms with Crippen molar-refractivity contribution in [1.29, 1.82) is 0 Å². The van der Waals surface area contributed by atoms with Crippen molar-refractivity contribution in [2.75, 3.05) is 19.1 Å². The van der Waals surface area contributed by atoms with Gasteiger partial charge in [-0.2, -0.15) is 0 Å². The van der Waals surface area contributed by atoms with Crippen LogP contribution < -0.4 is 19.2 Å². The minimum Gasteiger partial charge on any atom is -0.493 e. The van der Waals surface area contributed by atoms with E-state index in [4.69, 9.17) is 21.1 Å². The Morgan fingerprint density at radius 3 is 2.35 bits per heavy atom. The second-order valence-corrected chi connectivity index (χ2v) is 12.7. The van der Waals surface area contributed by atoms with E-state index in [0.717, 1.165) is 21.9 Å². The van der Waals surface area contributed by atoms with Gasteiger partial charge in [0.15, 0.2) is 11.5 Å². The molecule has 2 saturated carbocycles. The number of ether oxygens (including phenoxy) is 2. The number of nitrogens with zero attached hydrogens (tertiary/aromatic N) is 1. The van der Waals surface area contributed by atoms with Crippen LogP contribution in [0.3, 0.4) is 0 Å². The third-order valence-corrected chi connectivity index (χ3v) is 11.4. The van der Waals surface area contributed by atoms with Crippen LogP contribution in [0.15, 0.2) is 52.3 Å². The van der Waals surface area contributed by atoms with Crippen molar-refractivity contribution in [3.63, 3.8) is 0 Å². The average molecular weight is 555 g/mol. The van der Waals surface area contributed by atoms with Gasteiger partial charge in [-0.05, 0) is 66.1 Å². The van der Waals surface area contributed by atoms with Crippen molar-refractivity contribution in [2.24, 2.45) is 29.6 Å². The maximum Gasteiger partial charge on any atom is 0.305 e. The normalized spacial score (nSPS) is 31.3. The van der Waals surface area contributed by atoms with Crippen LogP contribution in [0.5, 0.6) is 11.5 Å². The van der Waals surface area contributed by atoms with Crippen LogP contribution in [0.25, 0.3) is 0 Å². The number of anilines is 1. The third kappa shape index (κ3) is 3.23. The summed E-state index contributed by atoms with van der Waals surface area (Å²) in [6, 6.07) is 12.8. The molecule has 0 spiro atoms. The smallest absolute Gasteiger partial charge is 0.305 e. The second kappa shape index (κ2) is 8.38. The molecule has 1 saturated heterocycles. The fraction of sp³-hybridized carbons (Fsp3) is 0.370. The van der Waals surface area contributed by atoms with Gasteiger partial charge in [-0.15, -0.1) is 11.8 Å². The number of aromatic amines is 1. The summed E-state index contributed by atoms with van der Waals surface area (Å²) < 4.78 is 11.0. The van der Waals surface area contributed by atoms with Gasteiger partial charge in [-0.1, -0.05) is 29.0 Å². The molecule has 0 radical (unpaired) electrons. The molecule has 1 aromatic heterocycles. The highest BCUT2D eigenvalue weighted by Gasteiger charge is 2.69. The molecule has 7 atom stereocenters. The molecule has 2 aromatic carbocycles. The van der Waals surface area contributed by atoms with Crippen LogP contribution >= 0.6 is 34.7 Å². The zero-order chi connectivity index (χ0) is 25.6. The van der Waals surface area contributed by atoms with Gasteiger partial charge < -0.3 is 14.5 Å². The molecule has 3 aromatic rings. The lowest BCUT2D eigenvalue weighted by molar-refractivity contribution is -0.123. The number of nitrogens with one attached hydrogen (secondary N) is 1. The lowest BCUT2D eigenvalue weighted by Crippen LogP contribution is -2.42. The number of thiazole rings is 1. The van der Waals surface area contributed by atoms with Crippen LogP contribution in [-0.4, -0.2) is 36.3 Å². The number of benzene rings is 2. The number of fused-ring (bicyclic) bond motifs is 9. The van der Waals surface area contributed by atoms with Crippen LogP contribution in [0.4, 0.5) is 5.69 Å². The number of imide groups is 1. The van der Waals surface area contributed by atoms with Gasteiger partial charge in [0.1, 0.15) is 0 Å². The zero-order valence-corrected chi connectivity index (χ0v) is 22.4. The molecular formula is C27H23ClN2O5S2. The lowest BCUT2D eigenvalue weighted by Gasteiger charge is -2.43. The molecule has 3 heterocycles. The van der Waals surface area contributed by atoms with Gasteiger partial charge in [-0.3, -0.25) is 19.3 Å². The molecule has 4 aliphatic rings. The minimum absolute atomic E-state index is 0.0460. The van der Waals surface area contributed by atoms with Crippen molar-refractivity contribution >= 4 is 52.2 Å². The molecule has 2 bridgehead atoms. The Bertz CT molecular complexity index is 1500. The predicted molar refractivity (Wildman–Crippen MR) is 142 cm³/mol. The Morgan fingerprint density at radius 1 is 0.946 bits per heavy atom. The molecule has 2 aliphatic carbocycles. The summed E-state index contributed by atoms with van der Waals surface area (Å²) in [4.78, 5) is 45.3. The van der Waals surface area contributed by atoms with Gasteiger partial charge >= 0.3 is 4.87 Å². The van der Waals surface area contributed by atoms with E-state index >= 15 is 0 Å². The molecular weight excluding hydrogens is 532 g/mol. The number of hydrogen-bond donors (Lipinski definition) is 1. The number of aromatic nitrogens is 1. The van der Waals surface area contributed by atoms with Gasteiger partial charge in [0.05, 0.1) is 36.8 Å². The summed E-state index contributed by atoms with van der Waals surface area (Å²) >= 11 is 8.97. The van der Waals surface area contributed by atoms with Gasteiger partial charge in [0.2, 0.25) is 11.8 Å². The Kier molecular flexibility index (Phi) is 5.29. The summed E-state index contributed by atoms with van der Waals surface area (Å²) in [7, 11) is 3.21. The number of rotatable bonds is 4. The SMILES string of the molecule is COc1ccc([C@@H]2c3sc(=O)[nH]c3S[C@@H]3[C@H]4C[C@@H]([C@@H]5C(=O)N(c6ccc(Cl)cc6)C(=O)[C@@H]45)[C@H]23)cc1OC. The monoisotopic (exact) mass is 554 g/mol. The van der Waals surface area contributed by atoms with E-state index in [-0.39, 0.29) is 57.4 Å². The van der Waals surface area contributed by atoms with E-state index in [0.29, 0.717) is 22.2 Å². The molecule has 2 amide bonds. The fourth-order valence-corrected chi connectivity index (χ4v) is 10.3. The molecule has 7 rings (SSSR count). The second-order valence-electron chi connectivity index (χ2n) is 10.1.